The number of nitrogens with zero attached hydrogens (tertiary/aromatic N) is 1. The molecule has 48 heavy (non-hydrogen) atoms. The number of carbonyl (C=O) groups is 3. The fourth-order valence-electron chi connectivity index (χ4n) is 7.41. The normalized spacial score (nSPS) is 27.8. The zero-order valence-corrected chi connectivity index (χ0v) is 28.0. The molecule has 7 atom stereocenters. The Morgan fingerprint density at radius 1 is 1.06 bits per heavy atom. The average molecular weight is 686 g/mol. The minimum absolute atomic E-state index is 0.0421. The highest BCUT2D eigenvalue weighted by atomic mass is 31.2. The Bertz CT molecular complexity index is 1770. The highest BCUT2D eigenvalue weighted by Gasteiger charge is 2.67. The quantitative estimate of drug-likeness (QED) is 0.109. The third-order valence-corrected chi connectivity index (χ3v) is 11.8. The van der Waals surface area contributed by atoms with Gasteiger partial charge < -0.3 is 45.6 Å². The van der Waals surface area contributed by atoms with Gasteiger partial charge in [-0.1, -0.05) is 43.3 Å². The lowest BCUT2D eigenvalue weighted by atomic mass is 9.55. The number of rotatable bonds is 10. The van der Waals surface area contributed by atoms with E-state index < -0.39 is 94.8 Å². The van der Waals surface area contributed by atoms with Crippen LogP contribution >= 0.6 is 7.60 Å². The van der Waals surface area contributed by atoms with E-state index in [0.29, 0.717) is 5.56 Å². The predicted octanol–water partition coefficient (Wildman–Crippen LogP) is 3.03. The van der Waals surface area contributed by atoms with E-state index in [-0.39, 0.29) is 30.0 Å². The number of primary amides is 1. The molecule has 258 valence electrons. The molecule has 8 N–H and O–H groups in total. The summed E-state index contributed by atoms with van der Waals surface area (Å²) in [5.41, 5.74) is 1.28. The third kappa shape index (κ3) is 5.15. The van der Waals surface area contributed by atoms with Crippen molar-refractivity contribution in [1.82, 2.24) is 4.90 Å². The Morgan fingerprint density at radius 2 is 1.67 bits per heavy atom. The zero-order chi connectivity index (χ0) is 35.5. The van der Waals surface area contributed by atoms with Crippen LogP contribution in [0.4, 0.5) is 5.69 Å². The minimum Gasteiger partial charge on any atom is -0.510 e. The largest absolute Gasteiger partial charge is 0.510 e. The third-order valence-electron chi connectivity index (χ3n) is 9.47. The van der Waals surface area contributed by atoms with E-state index in [0.717, 1.165) is 0 Å². The summed E-state index contributed by atoms with van der Waals surface area (Å²) in [6, 6.07) is 10.2. The average Bonchev–Trinajstić information content (AvgIpc) is 3.02. The summed E-state index contributed by atoms with van der Waals surface area (Å²) in [7, 11) is -0.992. The number of aliphatic hydroxyl groups excluding tert-OH is 3. The molecular weight excluding hydrogens is 645 g/mol. The molecule has 0 spiro atoms. The topological polar surface area (TPSA) is 229 Å². The molecule has 0 saturated carbocycles. The van der Waals surface area contributed by atoms with Gasteiger partial charge in [-0.25, -0.2) is 0 Å². The summed E-state index contributed by atoms with van der Waals surface area (Å²) in [6.07, 6.45) is -1.72. The first-order valence-electron chi connectivity index (χ1n) is 15.5. The first kappa shape index (κ1) is 35.3. The lowest BCUT2D eigenvalue weighted by molar-refractivity contribution is -0.162. The summed E-state index contributed by atoms with van der Waals surface area (Å²) in [5, 5.41) is 61.0. The first-order chi connectivity index (χ1) is 22.6. The maximum Gasteiger partial charge on any atom is 0.357 e. The van der Waals surface area contributed by atoms with Crippen molar-refractivity contribution in [3.63, 3.8) is 0 Å². The van der Waals surface area contributed by atoms with E-state index in [9.17, 15) is 44.5 Å². The van der Waals surface area contributed by atoms with Crippen molar-refractivity contribution in [1.29, 1.82) is 0 Å². The Balaban J connectivity index is 1.68. The molecule has 2 aromatic rings. The van der Waals surface area contributed by atoms with Crippen LogP contribution in [0.25, 0.3) is 0 Å². The Labute approximate surface area is 277 Å². The maximum absolute atomic E-state index is 14.3. The number of fused-ring (bicyclic) bond motifs is 3. The Kier molecular flexibility index (Phi) is 9.38. The molecule has 15 heteroatoms. The highest BCUT2D eigenvalue weighted by Crippen LogP contribution is 2.62. The summed E-state index contributed by atoms with van der Waals surface area (Å²) >= 11 is 0. The van der Waals surface area contributed by atoms with E-state index in [1.54, 1.807) is 51.1 Å². The maximum atomic E-state index is 14.3. The number of anilines is 1. The smallest absolute Gasteiger partial charge is 0.357 e. The number of phenols is 1. The van der Waals surface area contributed by atoms with Gasteiger partial charge in [0.2, 0.25) is 5.78 Å². The molecular formula is C33H40N3O11P. The number of hydrogen-bond donors (Lipinski definition) is 7. The SMILES string of the molecule is CCOP(=O)(OCC)C(Nc1ccc2c(c1O)C(=O)C1=C(O)[C@]3(O)C(=O)C(C(N)=O)=C(O)[C@@H](N(C)C)[C@@H]3[C@@H](O)[C@@H]1[C@@H]2C)c1ccccc1. The van der Waals surface area contributed by atoms with Gasteiger partial charge in [0.1, 0.15) is 22.8 Å². The van der Waals surface area contributed by atoms with E-state index in [1.807, 2.05) is 0 Å². The van der Waals surface area contributed by atoms with Gasteiger partial charge in [-0.05, 0) is 51.1 Å². The molecule has 0 aliphatic heterocycles. The number of ketones is 2. The van der Waals surface area contributed by atoms with Crippen LogP contribution in [0.1, 0.15) is 54.0 Å². The van der Waals surface area contributed by atoms with Crippen LogP contribution in [0.5, 0.6) is 5.75 Å². The zero-order valence-electron chi connectivity index (χ0n) is 27.1. The second-order valence-electron chi connectivity index (χ2n) is 12.3. The number of hydrogen-bond acceptors (Lipinski definition) is 13. The molecule has 0 saturated heterocycles. The molecule has 2 aromatic carbocycles. The molecule has 5 rings (SSSR count). The van der Waals surface area contributed by atoms with Gasteiger partial charge >= 0.3 is 7.60 Å². The predicted molar refractivity (Wildman–Crippen MR) is 173 cm³/mol. The number of aromatic hydroxyl groups is 1. The van der Waals surface area contributed by atoms with E-state index >= 15 is 0 Å². The molecule has 0 fully saturated rings. The van der Waals surface area contributed by atoms with Gasteiger partial charge in [0.05, 0.1) is 42.5 Å². The van der Waals surface area contributed by atoms with Crippen molar-refractivity contribution < 1.29 is 53.5 Å². The fraction of sp³-hybridized carbons (Fsp3) is 0.424. The van der Waals surface area contributed by atoms with Gasteiger partial charge in [-0.3, -0.25) is 23.8 Å². The van der Waals surface area contributed by atoms with Crippen LogP contribution < -0.4 is 11.1 Å². The van der Waals surface area contributed by atoms with E-state index in [1.165, 1.54) is 31.1 Å². The van der Waals surface area contributed by atoms with E-state index in [2.05, 4.69) is 5.32 Å². The number of likely N-dealkylation sites (N-methyl/N-ethyl adjacent to an activating group) is 1. The van der Waals surface area contributed by atoms with Crippen LogP contribution in [-0.4, -0.2) is 93.0 Å². The highest BCUT2D eigenvalue weighted by molar-refractivity contribution is 7.54. The van der Waals surface area contributed by atoms with Gasteiger partial charge in [-0.15, -0.1) is 0 Å². The van der Waals surface area contributed by atoms with Crippen LogP contribution in [-0.2, 0) is 23.2 Å². The Hall–Kier alpha value is -4.04. The molecule has 1 amide bonds. The fourth-order valence-corrected chi connectivity index (χ4v) is 9.34. The van der Waals surface area contributed by atoms with Crippen LogP contribution in [0, 0.1) is 11.8 Å². The number of amides is 1. The summed E-state index contributed by atoms with van der Waals surface area (Å²) in [5.74, 6) is -11.1. The van der Waals surface area contributed by atoms with Crippen molar-refractivity contribution in [3.05, 3.63) is 81.8 Å². The molecule has 0 heterocycles. The summed E-state index contributed by atoms with van der Waals surface area (Å²) in [4.78, 5) is 41.6. The molecule has 1 unspecified atom stereocenters. The van der Waals surface area contributed by atoms with Crippen molar-refractivity contribution in [2.45, 2.75) is 50.2 Å². The summed E-state index contributed by atoms with van der Waals surface area (Å²) < 4.78 is 25.3. The van der Waals surface area contributed by atoms with Gasteiger partial charge in [0, 0.05) is 11.5 Å². The molecule has 0 aromatic heterocycles. The Morgan fingerprint density at radius 3 is 2.21 bits per heavy atom. The van der Waals surface area contributed by atoms with Gasteiger partial charge in [-0.2, -0.15) is 0 Å². The lowest BCUT2D eigenvalue weighted by Crippen LogP contribution is -2.68. The molecule has 0 bridgehead atoms. The van der Waals surface area contributed by atoms with Crippen LogP contribution in [0.3, 0.4) is 0 Å². The van der Waals surface area contributed by atoms with Crippen molar-refractivity contribution in [2.24, 2.45) is 17.6 Å². The first-order valence-corrected chi connectivity index (χ1v) is 17.1. The second-order valence-corrected chi connectivity index (χ2v) is 14.4. The number of nitrogens with one attached hydrogen (secondary N) is 1. The van der Waals surface area contributed by atoms with Gasteiger partial charge in [0.15, 0.2) is 17.2 Å². The molecule has 0 radical (unpaired) electrons. The number of phenolic OH excluding ortho intramolecular Hbond substituents is 1. The standard InChI is InChI=1S/C33H40N3O11P/c1-6-46-48(45,47-7-2)32(16-11-9-8-10-12-16)35-18-14-13-17-15(3)19-21(26(38)20(17)25(18)37)29(41)33(44)23(27(19)39)24(36(4)5)28(40)22(30(33)42)31(34)43/h8-15,19,23-24,27,32,35,37,39-41,44H,6-7H2,1-5H3,(H2,34,43)/t15-,19-,23-,24+,27+,32?,33+/m1/s1. The van der Waals surface area contributed by atoms with E-state index in [4.69, 9.17) is 14.8 Å². The second kappa shape index (κ2) is 12.8. The summed E-state index contributed by atoms with van der Waals surface area (Å²) in [6.45, 7) is 5.04. The monoisotopic (exact) mass is 685 g/mol. The van der Waals surface area contributed by atoms with Crippen LogP contribution in [0.2, 0.25) is 0 Å². The molecule has 14 nitrogen and oxygen atoms in total. The van der Waals surface area contributed by atoms with Crippen molar-refractivity contribution in [2.75, 3.05) is 32.6 Å². The van der Waals surface area contributed by atoms with Gasteiger partial charge in [0.25, 0.3) is 5.91 Å². The number of Topliss-reactive ketones (excluding diaryl/α,β-unsaturated/α-hetero) is 2. The molecule has 3 aliphatic carbocycles. The number of benzene rings is 2. The van der Waals surface area contributed by atoms with Crippen LogP contribution in [0.15, 0.2) is 65.1 Å². The minimum atomic E-state index is -3.93. The van der Waals surface area contributed by atoms with Crippen molar-refractivity contribution in [3.8, 4) is 5.75 Å². The number of carbonyl (C=O) groups excluding carboxylic acids is 3. The van der Waals surface area contributed by atoms with Crippen molar-refractivity contribution >= 4 is 30.8 Å². The molecule has 3 aliphatic rings. The number of nitrogens with two attached hydrogens (primary N) is 1. The lowest BCUT2D eigenvalue weighted by Gasteiger charge is -2.53. The number of aliphatic hydroxyl groups is 4.